The molecule has 1 rings (SSSR count). The fraction of sp³-hybridized carbons (Fsp3) is 0.417. The first-order valence-electron chi connectivity index (χ1n) is 5.22. The van der Waals surface area contributed by atoms with E-state index in [1.807, 2.05) is 32.0 Å². The molecule has 0 unspecified atom stereocenters. The summed E-state index contributed by atoms with van der Waals surface area (Å²) in [5, 5.41) is 9.11. The van der Waals surface area contributed by atoms with Crippen LogP contribution in [0.15, 0.2) is 18.2 Å². The normalized spacial score (nSPS) is 10.1. The molecule has 82 valence electrons. The van der Waals surface area contributed by atoms with Crippen molar-refractivity contribution in [3.63, 3.8) is 0 Å². The second-order valence-corrected chi connectivity index (χ2v) is 3.35. The zero-order valence-corrected chi connectivity index (χ0v) is 9.23. The number of hydrogen-bond acceptors (Lipinski definition) is 2. The standard InChI is InChI=1S/C12H17NO2/c1-3-10-6-5-7-11(4-2)12(10)13(8-14)9-15/h5-8,15H,3-4,9H2,1-2H3. The first kappa shape index (κ1) is 11.7. The molecule has 0 radical (unpaired) electrons. The number of benzene rings is 1. The van der Waals surface area contributed by atoms with Crippen molar-refractivity contribution < 1.29 is 9.90 Å². The molecule has 3 heteroatoms. The van der Waals surface area contributed by atoms with Crippen molar-refractivity contribution >= 4 is 12.1 Å². The maximum Gasteiger partial charge on any atom is 0.216 e. The Morgan fingerprint density at radius 3 is 2.13 bits per heavy atom. The summed E-state index contributed by atoms with van der Waals surface area (Å²) < 4.78 is 0. The maximum atomic E-state index is 10.8. The minimum Gasteiger partial charge on any atom is -0.376 e. The van der Waals surface area contributed by atoms with E-state index in [9.17, 15) is 4.79 Å². The summed E-state index contributed by atoms with van der Waals surface area (Å²) in [5.41, 5.74) is 3.05. The number of amides is 1. The number of rotatable bonds is 5. The van der Waals surface area contributed by atoms with Crippen LogP contribution in [0.25, 0.3) is 0 Å². The molecule has 1 aromatic rings. The third-order valence-electron chi connectivity index (χ3n) is 2.53. The number of aliphatic hydroxyl groups is 1. The largest absolute Gasteiger partial charge is 0.376 e. The van der Waals surface area contributed by atoms with Gasteiger partial charge < -0.3 is 5.11 Å². The van der Waals surface area contributed by atoms with E-state index in [4.69, 9.17) is 5.11 Å². The molecule has 0 saturated carbocycles. The molecule has 0 atom stereocenters. The SMILES string of the molecule is CCc1cccc(CC)c1N(C=O)CO. The number of nitrogens with zero attached hydrogens (tertiary/aromatic N) is 1. The quantitative estimate of drug-likeness (QED) is 0.590. The fourth-order valence-electron chi connectivity index (χ4n) is 1.74. The van der Waals surface area contributed by atoms with Gasteiger partial charge >= 0.3 is 0 Å². The molecule has 0 bridgehead atoms. The predicted molar refractivity (Wildman–Crippen MR) is 60.8 cm³/mol. The van der Waals surface area contributed by atoms with E-state index in [0.717, 1.165) is 29.7 Å². The minimum atomic E-state index is -0.270. The zero-order valence-electron chi connectivity index (χ0n) is 9.23. The summed E-state index contributed by atoms with van der Waals surface area (Å²) in [6, 6.07) is 5.96. The van der Waals surface area contributed by atoms with E-state index >= 15 is 0 Å². The minimum absolute atomic E-state index is 0.270. The highest BCUT2D eigenvalue weighted by Gasteiger charge is 2.12. The number of para-hydroxylation sites is 1. The summed E-state index contributed by atoms with van der Waals surface area (Å²) in [6.07, 6.45) is 2.38. The van der Waals surface area contributed by atoms with Gasteiger partial charge in [0.25, 0.3) is 0 Å². The van der Waals surface area contributed by atoms with Crippen LogP contribution < -0.4 is 4.90 Å². The van der Waals surface area contributed by atoms with Crippen LogP contribution in [0, 0.1) is 0 Å². The van der Waals surface area contributed by atoms with Crippen molar-refractivity contribution in [1.82, 2.24) is 0 Å². The molecule has 0 spiro atoms. The lowest BCUT2D eigenvalue weighted by atomic mass is 10.0. The Balaban J connectivity index is 3.26. The van der Waals surface area contributed by atoms with Gasteiger partial charge in [-0.15, -0.1) is 0 Å². The van der Waals surface area contributed by atoms with Crippen LogP contribution in [0.4, 0.5) is 5.69 Å². The fourth-order valence-corrected chi connectivity index (χ4v) is 1.74. The van der Waals surface area contributed by atoms with Crippen LogP contribution in [-0.4, -0.2) is 18.2 Å². The third kappa shape index (κ3) is 2.36. The van der Waals surface area contributed by atoms with Gasteiger partial charge in [-0.3, -0.25) is 9.69 Å². The van der Waals surface area contributed by atoms with Crippen molar-refractivity contribution in [3.8, 4) is 0 Å². The van der Waals surface area contributed by atoms with Gasteiger partial charge in [0, 0.05) is 0 Å². The Morgan fingerprint density at radius 2 is 1.80 bits per heavy atom. The van der Waals surface area contributed by atoms with Gasteiger partial charge in [-0.25, -0.2) is 0 Å². The summed E-state index contributed by atoms with van der Waals surface area (Å²) in [4.78, 5) is 12.2. The first-order chi connectivity index (χ1) is 7.28. The second kappa shape index (κ2) is 5.51. The van der Waals surface area contributed by atoms with Gasteiger partial charge in [-0.2, -0.15) is 0 Å². The molecule has 3 nitrogen and oxygen atoms in total. The Morgan fingerprint density at radius 1 is 1.27 bits per heavy atom. The number of aryl methyl sites for hydroxylation is 2. The molecule has 1 aromatic carbocycles. The van der Waals surface area contributed by atoms with E-state index in [2.05, 4.69) is 0 Å². The molecule has 0 fully saturated rings. The number of aliphatic hydroxyl groups excluding tert-OH is 1. The second-order valence-electron chi connectivity index (χ2n) is 3.35. The molecule has 0 aromatic heterocycles. The lowest BCUT2D eigenvalue weighted by Crippen LogP contribution is -2.24. The summed E-state index contributed by atoms with van der Waals surface area (Å²) in [6.45, 7) is 3.81. The molecule has 0 saturated heterocycles. The van der Waals surface area contributed by atoms with Crippen molar-refractivity contribution in [3.05, 3.63) is 29.3 Å². The topological polar surface area (TPSA) is 40.5 Å². The van der Waals surface area contributed by atoms with Crippen molar-refractivity contribution in [2.75, 3.05) is 11.6 Å². The van der Waals surface area contributed by atoms with Crippen LogP contribution in [0.5, 0.6) is 0 Å². The van der Waals surface area contributed by atoms with Gasteiger partial charge in [0.1, 0.15) is 6.73 Å². The van der Waals surface area contributed by atoms with Crippen LogP contribution in [0.1, 0.15) is 25.0 Å². The van der Waals surface area contributed by atoms with E-state index in [1.54, 1.807) is 0 Å². The van der Waals surface area contributed by atoms with Crippen molar-refractivity contribution in [2.24, 2.45) is 0 Å². The molecule has 15 heavy (non-hydrogen) atoms. The van der Waals surface area contributed by atoms with Gasteiger partial charge in [0.2, 0.25) is 6.41 Å². The molecule has 0 aliphatic heterocycles. The van der Waals surface area contributed by atoms with E-state index < -0.39 is 0 Å². The van der Waals surface area contributed by atoms with Crippen molar-refractivity contribution in [2.45, 2.75) is 26.7 Å². The van der Waals surface area contributed by atoms with E-state index in [1.165, 1.54) is 4.90 Å². The lowest BCUT2D eigenvalue weighted by molar-refractivity contribution is -0.108. The van der Waals surface area contributed by atoms with E-state index in [-0.39, 0.29) is 6.73 Å². The molecule has 0 heterocycles. The first-order valence-corrected chi connectivity index (χ1v) is 5.22. The molecular formula is C12H17NO2. The number of carbonyl (C=O) groups is 1. The van der Waals surface area contributed by atoms with Crippen LogP contribution in [0.2, 0.25) is 0 Å². The van der Waals surface area contributed by atoms with E-state index in [0.29, 0.717) is 6.41 Å². The van der Waals surface area contributed by atoms with Crippen LogP contribution in [-0.2, 0) is 17.6 Å². The molecule has 0 aliphatic carbocycles. The van der Waals surface area contributed by atoms with Gasteiger partial charge in [0.15, 0.2) is 0 Å². The smallest absolute Gasteiger partial charge is 0.216 e. The highest BCUT2D eigenvalue weighted by Crippen LogP contribution is 2.25. The summed E-state index contributed by atoms with van der Waals surface area (Å²) in [5.74, 6) is 0. The van der Waals surface area contributed by atoms with Gasteiger partial charge in [0.05, 0.1) is 5.69 Å². The van der Waals surface area contributed by atoms with Crippen LogP contribution >= 0.6 is 0 Å². The van der Waals surface area contributed by atoms with Crippen LogP contribution in [0.3, 0.4) is 0 Å². The Bertz CT molecular complexity index is 314. The number of carbonyl (C=O) groups excluding carboxylic acids is 1. The zero-order chi connectivity index (χ0) is 11.3. The molecule has 1 N–H and O–H groups in total. The maximum absolute atomic E-state index is 10.8. The monoisotopic (exact) mass is 207 g/mol. The highest BCUT2D eigenvalue weighted by molar-refractivity contribution is 5.78. The molecule has 1 amide bonds. The highest BCUT2D eigenvalue weighted by atomic mass is 16.3. The average Bonchev–Trinajstić information content (AvgIpc) is 2.30. The Labute approximate surface area is 90.3 Å². The predicted octanol–water partition coefficient (Wildman–Crippen LogP) is 1.72. The summed E-state index contributed by atoms with van der Waals surface area (Å²) in [7, 11) is 0. The molecular weight excluding hydrogens is 190 g/mol. The van der Waals surface area contributed by atoms with Crippen molar-refractivity contribution in [1.29, 1.82) is 0 Å². The lowest BCUT2D eigenvalue weighted by Gasteiger charge is -2.21. The summed E-state index contributed by atoms with van der Waals surface area (Å²) >= 11 is 0. The molecule has 0 aliphatic rings. The Kier molecular flexibility index (Phi) is 4.31. The third-order valence-corrected chi connectivity index (χ3v) is 2.53. The van der Waals surface area contributed by atoms with Gasteiger partial charge in [-0.05, 0) is 24.0 Å². The number of anilines is 1. The number of hydrogen-bond donors (Lipinski definition) is 1. The van der Waals surface area contributed by atoms with Gasteiger partial charge in [-0.1, -0.05) is 32.0 Å². The average molecular weight is 207 g/mol. The Hall–Kier alpha value is -1.35.